The van der Waals surface area contributed by atoms with Crippen LogP contribution in [0.3, 0.4) is 0 Å². The van der Waals surface area contributed by atoms with Crippen LogP contribution in [0.25, 0.3) is 22.5 Å². The zero-order chi connectivity index (χ0) is 16.4. The zero-order valence-electron chi connectivity index (χ0n) is 11.9. The number of aromatic nitrogens is 2. The molecule has 0 aliphatic carbocycles. The van der Waals surface area contributed by atoms with E-state index in [1.54, 1.807) is 12.1 Å². The number of thiophene rings is 1. The molecule has 23 heavy (non-hydrogen) atoms. The minimum Gasteiger partial charge on any atom is -0.480 e. The molecule has 2 N–H and O–H groups in total. The van der Waals surface area contributed by atoms with E-state index < -0.39 is 18.6 Å². The third-order valence-corrected chi connectivity index (χ3v) is 4.18. The molecule has 3 rings (SSSR count). The molecule has 0 aliphatic heterocycles. The number of nitrogens with zero attached hydrogens (tertiary/aromatic N) is 2. The minimum absolute atomic E-state index is 0.357. The van der Waals surface area contributed by atoms with Crippen molar-refractivity contribution in [3.8, 4) is 22.5 Å². The van der Waals surface area contributed by atoms with E-state index in [-0.39, 0.29) is 5.82 Å². The summed E-state index contributed by atoms with van der Waals surface area (Å²) in [6.45, 7) is -0.550. The Morgan fingerprint density at radius 2 is 2.00 bits per heavy atom. The Bertz CT molecular complexity index is 812. The van der Waals surface area contributed by atoms with Crippen molar-refractivity contribution in [1.29, 1.82) is 0 Å². The van der Waals surface area contributed by atoms with Crippen LogP contribution < -0.4 is 0 Å². The first-order valence-corrected chi connectivity index (χ1v) is 7.75. The van der Waals surface area contributed by atoms with E-state index >= 15 is 0 Å². The van der Waals surface area contributed by atoms with Gasteiger partial charge in [-0.1, -0.05) is 0 Å². The average molecular weight is 332 g/mol. The summed E-state index contributed by atoms with van der Waals surface area (Å²) in [5.41, 5.74) is 2.60. The van der Waals surface area contributed by atoms with Gasteiger partial charge >= 0.3 is 5.97 Å². The number of imidazole rings is 1. The third kappa shape index (κ3) is 2.88. The topological polar surface area (TPSA) is 75.3 Å². The summed E-state index contributed by atoms with van der Waals surface area (Å²) in [4.78, 5) is 15.7. The fourth-order valence-corrected chi connectivity index (χ4v) is 3.03. The number of carboxylic acids is 1. The molecule has 1 atom stereocenters. The van der Waals surface area contributed by atoms with E-state index in [0.717, 1.165) is 5.56 Å². The lowest BCUT2D eigenvalue weighted by Crippen LogP contribution is -2.22. The smallest absolute Gasteiger partial charge is 0.329 e. The Labute approximate surface area is 135 Å². The van der Waals surface area contributed by atoms with Crippen molar-refractivity contribution in [2.75, 3.05) is 6.61 Å². The maximum atomic E-state index is 13.1. The molecule has 0 unspecified atom stereocenters. The molecule has 0 aliphatic rings. The molecule has 0 saturated carbocycles. The number of carboxylic acid groups (broad SMARTS) is 1. The summed E-state index contributed by atoms with van der Waals surface area (Å²) in [7, 11) is 0. The summed E-state index contributed by atoms with van der Waals surface area (Å²) in [6.07, 6.45) is 1.39. The van der Waals surface area contributed by atoms with Crippen molar-refractivity contribution < 1.29 is 19.4 Å². The molecule has 0 spiro atoms. The van der Waals surface area contributed by atoms with E-state index in [4.69, 9.17) is 0 Å². The van der Waals surface area contributed by atoms with Crippen molar-refractivity contribution >= 4 is 17.3 Å². The molecule has 0 fully saturated rings. The lowest BCUT2D eigenvalue weighted by atomic mass is 10.1. The van der Waals surface area contributed by atoms with Crippen LogP contribution in [0.2, 0.25) is 0 Å². The van der Waals surface area contributed by atoms with Gasteiger partial charge in [0.2, 0.25) is 0 Å². The maximum Gasteiger partial charge on any atom is 0.329 e. The van der Waals surface area contributed by atoms with E-state index in [1.807, 2.05) is 16.8 Å². The Kier molecular flexibility index (Phi) is 4.22. The summed E-state index contributed by atoms with van der Waals surface area (Å²) in [5, 5.41) is 22.5. The molecule has 3 aromatic rings. The van der Waals surface area contributed by atoms with Crippen LogP contribution in [0.15, 0.2) is 47.4 Å². The van der Waals surface area contributed by atoms with Crippen molar-refractivity contribution in [3.05, 3.63) is 53.2 Å². The van der Waals surface area contributed by atoms with E-state index in [0.29, 0.717) is 17.0 Å². The molecular weight excluding hydrogens is 319 g/mol. The molecule has 0 amide bonds. The van der Waals surface area contributed by atoms with Crippen LogP contribution in [-0.2, 0) is 4.79 Å². The molecule has 0 saturated heterocycles. The second kappa shape index (κ2) is 6.31. The van der Waals surface area contributed by atoms with Crippen LogP contribution in [0.5, 0.6) is 0 Å². The lowest BCUT2D eigenvalue weighted by Gasteiger charge is -2.15. The first-order chi connectivity index (χ1) is 11.1. The number of halogens is 1. The van der Waals surface area contributed by atoms with Gasteiger partial charge in [-0.2, -0.15) is 11.3 Å². The maximum absolute atomic E-state index is 13.1. The highest BCUT2D eigenvalue weighted by Crippen LogP contribution is 2.34. The number of hydrogen-bond donors (Lipinski definition) is 2. The highest BCUT2D eigenvalue weighted by Gasteiger charge is 2.25. The summed E-state index contributed by atoms with van der Waals surface area (Å²) in [6, 6.07) is 6.55. The van der Waals surface area contributed by atoms with Crippen molar-refractivity contribution in [2.24, 2.45) is 0 Å². The SMILES string of the molecule is O=C(O)[C@H](CO)n1cnc(-c2ccc(F)cc2)c1-c1ccsc1. The highest BCUT2D eigenvalue weighted by molar-refractivity contribution is 7.08. The molecule has 5 nitrogen and oxygen atoms in total. The molecular formula is C16H13FN2O3S. The summed E-state index contributed by atoms with van der Waals surface area (Å²) >= 11 is 1.47. The number of rotatable bonds is 5. The summed E-state index contributed by atoms with van der Waals surface area (Å²) < 4.78 is 14.6. The molecule has 0 bridgehead atoms. The van der Waals surface area contributed by atoms with Gasteiger partial charge in [-0.3, -0.25) is 0 Å². The third-order valence-electron chi connectivity index (χ3n) is 3.50. The van der Waals surface area contributed by atoms with Gasteiger partial charge in [0, 0.05) is 16.5 Å². The van der Waals surface area contributed by atoms with E-state index in [9.17, 15) is 19.4 Å². The standard InChI is InChI=1S/C16H13FN2O3S/c17-12-3-1-10(2-4-12)14-15(11-5-6-23-8-11)19(9-18-14)13(7-20)16(21)22/h1-6,8-9,13,20H,7H2,(H,21,22)/t13-/m0/s1. The van der Waals surface area contributed by atoms with Crippen LogP contribution in [0.4, 0.5) is 4.39 Å². The van der Waals surface area contributed by atoms with E-state index in [1.165, 1.54) is 34.4 Å². The van der Waals surface area contributed by atoms with Crippen molar-refractivity contribution in [2.45, 2.75) is 6.04 Å². The van der Waals surface area contributed by atoms with Gasteiger partial charge in [-0.15, -0.1) is 0 Å². The van der Waals surface area contributed by atoms with Crippen LogP contribution in [-0.4, -0.2) is 32.3 Å². The van der Waals surface area contributed by atoms with Crippen LogP contribution in [0, 0.1) is 5.82 Å². The largest absolute Gasteiger partial charge is 0.480 e. The van der Waals surface area contributed by atoms with Gasteiger partial charge in [0.05, 0.1) is 24.3 Å². The lowest BCUT2D eigenvalue weighted by molar-refractivity contribution is -0.142. The second-order valence-corrected chi connectivity index (χ2v) is 5.68. The normalized spacial score (nSPS) is 12.3. The number of hydrogen-bond acceptors (Lipinski definition) is 4. The fourth-order valence-electron chi connectivity index (χ4n) is 2.39. The van der Waals surface area contributed by atoms with Gasteiger partial charge in [-0.05, 0) is 35.7 Å². The molecule has 2 heterocycles. The Morgan fingerprint density at radius 3 is 2.57 bits per heavy atom. The van der Waals surface area contributed by atoms with Gasteiger partial charge in [0.1, 0.15) is 5.82 Å². The Balaban J connectivity index is 2.19. The molecule has 7 heteroatoms. The van der Waals surface area contributed by atoms with Gasteiger partial charge in [-0.25, -0.2) is 14.2 Å². The van der Waals surface area contributed by atoms with E-state index in [2.05, 4.69) is 4.98 Å². The van der Waals surface area contributed by atoms with Gasteiger partial charge in [0.15, 0.2) is 6.04 Å². The first-order valence-electron chi connectivity index (χ1n) is 6.81. The zero-order valence-corrected chi connectivity index (χ0v) is 12.7. The molecule has 0 radical (unpaired) electrons. The molecule has 2 aromatic heterocycles. The number of carbonyl (C=O) groups is 1. The number of aliphatic hydroxyl groups is 1. The summed E-state index contributed by atoms with van der Waals surface area (Å²) in [5.74, 6) is -1.50. The first kappa shape index (κ1) is 15.4. The van der Waals surface area contributed by atoms with Crippen LogP contribution in [0.1, 0.15) is 6.04 Å². The predicted octanol–water partition coefficient (Wildman–Crippen LogP) is 3.04. The highest BCUT2D eigenvalue weighted by atomic mass is 32.1. The fraction of sp³-hybridized carbons (Fsp3) is 0.125. The molecule has 118 valence electrons. The molecule has 1 aromatic carbocycles. The predicted molar refractivity (Wildman–Crippen MR) is 84.7 cm³/mol. The van der Waals surface area contributed by atoms with Gasteiger partial charge < -0.3 is 14.8 Å². The average Bonchev–Trinajstić information content (AvgIpc) is 3.17. The van der Waals surface area contributed by atoms with Crippen molar-refractivity contribution in [1.82, 2.24) is 9.55 Å². The monoisotopic (exact) mass is 332 g/mol. The van der Waals surface area contributed by atoms with Gasteiger partial charge in [0.25, 0.3) is 0 Å². The Morgan fingerprint density at radius 1 is 1.26 bits per heavy atom. The minimum atomic E-state index is -1.15. The number of aliphatic hydroxyl groups excluding tert-OH is 1. The number of benzene rings is 1. The quantitative estimate of drug-likeness (QED) is 0.753. The Hall–Kier alpha value is -2.51. The van der Waals surface area contributed by atoms with Crippen molar-refractivity contribution in [3.63, 3.8) is 0 Å². The second-order valence-electron chi connectivity index (χ2n) is 4.90. The van der Waals surface area contributed by atoms with Crippen LogP contribution >= 0.6 is 11.3 Å². The number of aliphatic carboxylic acids is 1.